The summed E-state index contributed by atoms with van der Waals surface area (Å²) >= 11 is 0. The summed E-state index contributed by atoms with van der Waals surface area (Å²) in [4.78, 5) is 4.47. The van der Waals surface area contributed by atoms with Crippen molar-refractivity contribution in [2.24, 2.45) is 10.2 Å². The van der Waals surface area contributed by atoms with Crippen molar-refractivity contribution < 1.29 is 17.9 Å². The maximum absolute atomic E-state index is 13.0. The summed E-state index contributed by atoms with van der Waals surface area (Å²) in [5.74, 6) is 0.469. The molecular formula is C21H15F3N8O. The number of nitrogen functional groups attached to an aromatic ring is 2. The number of azo groups is 1. The van der Waals surface area contributed by atoms with Crippen LogP contribution in [-0.4, -0.2) is 21.7 Å². The van der Waals surface area contributed by atoms with E-state index in [4.69, 9.17) is 16.2 Å². The first kappa shape index (κ1) is 21.6. The second kappa shape index (κ2) is 8.12. The minimum absolute atomic E-state index is 0.00152. The first-order valence-electron chi connectivity index (χ1n) is 9.34. The molecular weight excluding hydrogens is 437 g/mol. The number of rotatable bonds is 4. The molecule has 9 nitrogen and oxygen atoms in total. The zero-order chi connectivity index (χ0) is 23.8. The van der Waals surface area contributed by atoms with Crippen molar-refractivity contribution in [3.8, 4) is 23.1 Å². The van der Waals surface area contributed by atoms with Gasteiger partial charge in [-0.15, -0.1) is 10.2 Å². The van der Waals surface area contributed by atoms with E-state index in [0.29, 0.717) is 11.3 Å². The topological polar surface area (TPSA) is 140 Å². The number of nitriles is 1. The fraction of sp³-hybridized carbons (Fsp3) is 0.0952. The van der Waals surface area contributed by atoms with Crippen LogP contribution in [0.2, 0.25) is 0 Å². The third-order valence-corrected chi connectivity index (χ3v) is 4.72. The van der Waals surface area contributed by atoms with E-state index in [9.17, 15) is 18.4 Å². The summed E-state index contributed by atoms with van der Waals surface area (Å²) < 4.78 is 45.2. The molecule has 0 saturated carbocycles. The van der Waals surface area contributed by atoms with Crippen molar-refractivity contribution in [3.05, 3.63) is 59.7 Å². The smallest absolute Gasteiger partial charge is 0.416 e. The highest BCUT2D eigenvalue weighted by Gasteiger charge is 2.30. The third-order valence-electron chi connectivity index (χ3n) is 4.72. The summed E-state index contributed by atoms with van der Waals surface area (Å²) in [5.41, 5.74) is 12.2. The summed E-state index contributed by atoms with van der Waals surface area (Å²) in [6.45, 7) is 0. The SMILES string of the molecule is COc1ccc(-c2nc3c(N=Nc4cccc(C(F)(F)F)c4)c(N)nn3c(N)c2C#N)cc1. The number of nitrogens with zero attached hydrogens (tertiary/aromatic N) is 6. The first-order chi connectivity index (χ1) is 15.7. The molecule has 0 amide bonds. The van der Waals surface area contributed by atoms with E-state index in [1.807, 2.05) is 6.07 Å². The van der Waals surface area contributed by atoms with Crippen LogP contribution in [-0.2, 0) is 6.18 Å². The van der Waals surface area contributed by atoms with Crippen LogP contribution in [0.3, 0.4) is 0 Å². The molecule has 0 unspecified atom stereocenters. The fourth-order valence-corrected chi connectivity index (χ4v) is 3.09. The number of fused-ring (bicyclic) bond motifs is 1. The van der Waals surface area contributed by atoms with Gasteiger partial charge < -0.3 is 16.2 Å². The van der Waals surface area contributed by atoms with Gasteiger partial charge in [0, 0.05) is 5.56 Å². The van der Waals surface area contributed by atoms with Gasteiger partial charge in [0.1, 0.15) is 23.2 Å². The van der Waals surface area contributed by atoms with E-state index in [1.54, 1.807) is 24.3 Å². The first-order valence-corrected chi connectivity index (χ1v) is 9.34. The zero-order valence-corrected chi connectivity index (χ0v) is 17.0. The van der Waals surface area contributed by atoms with Gasteiger partial charge in [0.15, 0.2) is 17.2 Å². The van der Waals surface area contributed by atoms with Gasteiger partial charge in [0.25, 0.3) is 0 Å². The molecule has 33 heavy (non-hydrogen) atoms. The van der Waals surface area contributed by atoms with E-state index in [-0.39, 0.29) is 39.9 Å². The minimum atomic E-state index is -4.52. The molecule has 12 heteroatoms. The molecule has 2 aromatic heterocycles. The summed E-state index contributed by atoms with van der Waals surface area (Å²) in [6, 6.07) is 13.1. The Bertz CT molecular complexity index is 1420. The van der Waals surface area contributed by atoms with Crippen molar-refractivity contribution in [3.63, 3.8) is 0 Å². The van der Waals surface area contributed by atoms with Gasteiger partial charge >= 0.3 is 6.18 Å². The number of alkyl halides is 3. The van der Waals surface area contributed by atoms with Crippen LogP contribution in [0.5, 0.6) is 5.75 Å². The van der Waals surface area contributed by atoms with Crippen LogP contribution >= 0.6 is 0 Å². The van der Waals surface area contributed by atoms with Gasteiger partial charge in [-0.3, -0.25) is 0 Å². The average molecular weight is 452 g/mol. The molecule has 0 radical (unpaired) electrons. The highest BCUT2D eigenvalue weighted by molar-refractivity contribution is 5.82. The predicted octanol–water partition coefficient (Wildman–Crippen LogP) is 4.88. The molecule has 0 bridgehead atoms. The molecule has 4 rings (SSSR count). The summed E-state index contributed by atoms with van der Waals surface area (Å²) in [7, 11) is 1.52. The van der Waals surface area contributed by atoms with Gasteiger partial charge in [0.2, 0.25) is 0 Å². The Labute approximate surface area is 184 Å². The molecule has 0 aliphatic rings. The number of benzene rings is 2. The van der Waals surface area contributed by atoms with Gasteiger partial charge in [-0.25, -0.2) is 4.98 Å². The molecule has 0 fully saturated rings. The normalized spacial score (nSPS) is 11.7. The van der Waals surface area contributed by atoms with Gasteiger partial charge in [-0.1, -0.05) is 6.07 Å². The van der Waals surface area contributed by atoms with E-state index in [2.05, 4.69) is 20.3 Å². The number of anilines is 2. The number of methoxy groups -OCH3 is 1. The maximum atomic E-state index is 13.0. The highest BCUT2D eigenvalue weighted by atomic mass is 19.4. The van der Waals surface area contributed by atoms with Crippen molar-refractivity contribution in [1.82, 2.24) is 14.6 Å². The minimum Gasteiger partial charge on any atom is -0.497 e. The molecule has 2 heterocycles. The third kappa shape index (κ3) is 3.99. The number of hydrogen-bond acceptors (Lipinski definition) is 8. The largest absolute Gasteiger partial charge is 0.497 e. The summed E-state index contributed by atoms with van der Waals surface area (Å²) in [6.07, 6.45) is -4.52. The molecule has 0 aliphatic carbocycles. The number of aromatic nitrogens is 3. The van der Waals surface area contributed by atoms with Crippen molar-refractivity contribution in [2.75, 3.05) is 18.6 Å². The Kier molecular flexibility index (Phi) is 5.31. The predicted molar refractivity (Wildman–Crippen MR) is 114 cm³/mol. The average Bonchev–Trinajstić information content (AvgIpc) is 3.12. The fourth-order valence-electron chi connectivity index (χ4n) is 3.09. The van der Waals surface area contributed by atoms with Crippen LogP contribution in [0, 0.1) is 11.3 Å². The second-order valence-corrected chi connectivity index (χ2v) is 6.78. The Morgan fingerprint density at radius 3 is 2.45 bits per heavy atom. The molecule has 0 spiro atoms. The molecule has 0 aliphatic heterocycles. The highest BCUT2D eigenvalue weighted by Crippen LogP contribution is 2.36. The standard InChI is InChI=1S/C21H15F3N8O/c1-33-14-7-5-11(6-8-14)16-15(10-25)19(27)32-20(28-16)17(18(26)31-32)30-29-13-4-2-3-12(9-13)21(22,23)24/h2-9H,27H2,1H3,(H2,26,31). The number of hydrogen-bond donors (Lipinski definition) is 2. The summed E-state index contributed by atoms with van der Waals surface area (Å²) in [5, 5.41) is 21.5. The molecule has 0 saturated heterocycles. The van der Waals surface area contributed by atoms with Crippen LogP contribution in [0.15, 0.2) is 58.8 Å². The second-order valence-electron chi connectivity index (χ2n) is 6.78. The van der Waals surface area contributed by atoms with E-state index < -0.39 is 11.7 Å². The number of halogens is 3. The number of nitrogens with two attached hydrogens (primary N) is 2. The maximum Gasteiger partial charge on any atom is 0.416 e. The van der Waals surface area contributed by atoms with E-state index >= 15 is 0 Å². The van der Waals surface area contributed by atoms with Crippen LogP contribution in [0.1, 0.15) is 11.1 Å². The lowest BCUT2D eigenvalue weighted by atomic mass is 10.1. The molecule has 4 aromatic rings. The monoisotopic (exact) mass is 452 g/mol. The van der Waals surface area contributed by atoms with Gasteiger partial charge in [0.05, 0.1) is 24.1 Å². The van der Waals surface area contributed by atoms with Gasteiger partial charge in [-0.2, -0.15) is 28.1 Å². The Hall–Kier alpha value is -4.66. The lowest BCUT2D eigenvalue weighted by Crippen LogP contribution is -2.06. The Morgan fingerprint density at radius 2 is 1.82 bits per heavy atom. The van der Waals surface area contributed by atoms with E-state index in [0.717, 1.165) is 16.6 Å². The molecule has 166 valence electrons. The molecule has 0 atom stereocenters. The lowest BCUT2D eigenvalue weighted by Gasteiger charge is -2.09. The van der Waals surface area contributed by atoms with Crippen molar-refractivity contribution in [2.45, 2.75) is 6.18 Å². The molecule has 2 aromatic carbocycles. The van der Waals surface area contributed by atoms with Crippen molar-refractivity contribution in [1.29, 1.82) is 5.26 Å². The van der Waals surface area contributed by atoms with Crippen molar-refractivity contribution >= 4 is 28.7 Å². The zero-order valence-electron chi connectivity index (χ0n) is 17.0. The van der Waals surface area contributed by atoms with Gasteiger partial charge in [-0.05, 0) is 42.5 Å². The van der Waals surface area contributed by atoms with Crippen LogP contribution in [0.4, 0.5) is 36.2 Å². The molecule has 4 N–H and O–H groups in total. The van der Waals surface area contributed by atoms with E-state index in [1.165, 1.54) is 19.2 Å². The Morgan fingerprint density at radius 1 is 1.09 bits per heavy atom. The quantitative estimate of drug-likeness (QED) is 0.423. The van der Waals surface area contributed by atoms with Crippen LogP contribution in [0.25, 0.3) is 16.9 Å². The number of ether oxygens (including phenoxy) is 1. The Balaban J connectivity index is 1.85. The van der Waals surface area contributed by atoms with Crippen LogP contribution < -0.4 is 16.2 Å². The lowest BCUT2D eigenvalue weighted by molar-refractivity contribution is -0.137.